The minimum Gasteiger partial charge on any atom is -0.380 e. The third-order valence-electron chi connectivity index (χ3n) is 3.61. The number of rotatable bonds is 6. The number of imidazole rings is 1. The van der Waals surface area contributed by atoms with E-state index in [1.54, 1.807) is 6.20 Å². The Kier molecular flexibility index (Phi) is 4.01. The number of unbranched alkanes of at least 4 members (excludes halogenated alkanes) is 1. The highest BCUT2D eigenvalue weighted by Gasteiger charge is 2.11. The van der Waals surface area contributed by atoms with Gasteiger partial charge >= 0.3 is 0 Å². The van der Waals surface area contributed by atoms with Crippen molar-refractivity contribution in [1.29, 1.82) is 0 Å². The van der Waals surface area contributed by atoms with Gasteiger partial charge in [-0.05, 0) is 12.5 Å². The number of aromatic nitrogens is 3. The molecule has 5 heteroatoms. The van der Waals surface area contributed by atoms with Crippen LogP contribution in [0, 0.1) is 0 Å². The highest BCUT2D eigenvalue weighted by molar-refractivity contribution is 6.02. The van der Waals surface area contributed by atoms with Gasteiger partial charge in [0.25, 0.3) is 0 Å². The molecule has 0 radical (unpaired) electrons. The summed E-state index contributed by atoms with van der Waals surface area (Å²) < 4.78 is 7.66. The molecule has 0 aliphatic rings. The number of pyridine rings is 1. The molecular weight excluding hydrogens is 264 g/mol. The number of anilines is 1. The van der Waals surface area contributed by atoms with Crippen molar-refractivity contribution in [3.05, 3.63) is 30.5 Å². The fourth-order valence-corrected chi connectivity index (χ4v) is 2.51. The smallest absolute Gasteiger partial charge is 0.201 e. The van der Waals surface area contributed by atoms with Gasteiger partial charge in [-0.1, -0.05) is 31.5 Å². The first-order valence-corrected chi connectivity index (χ1v) is 7.38. The topological polar surface area (TPSA) is 66.0 Å². The van der Waals surface area contributed by atoms with Gasteiger partial charge in [0.15, 0.2) is 0 Å². The SMILES string of the molecule is CCCCOCCn1c(N)nc2cnc3ccccc3c21. The molecule has 0 unspecified atom stereocenters. The number of hydrogen-bond acceptors (Lipinski definition) is 4. The van der Waals surface area contributed by atoms with Gasteiger partial charge in [-0.2, -0.15) is 0 Å². The summed E-state index contributed by atoms with van der Waals surface area (Å²) in [7, 11) is 0. The second kappa shape index (κ2) is 6.10. The van der Waals surface area contributed by atoms with E-state index in [0.29, 0.717) is 19.1 Å². The quantitative estimate of drug-likeness (QED) is 0.707. The lowest BCUT2D eigenvalue weighted by Gasteiger charge is -2.08. The molecule has 0 saturated heterocycles. The fourth-order valence-electron chi connectivity index (χ4n) is 2.51. The van der Waals surface area contributed by atoms with Gasteiger partial charge in [-0.3, -0.25) is 4.98 Å². The molecule has 0 aliphatic carbocycles. The van der Waals surface area contributed by atoms with E-state index >= 15 is 0 Å². The summed E-state index contributed by atoms with van der Waals surface area (Å²) in [6.07, 6.45) is 4.02. The molecule has 5 nitrogen and oxygen atoms in total. The Morgan fingerprint density at radius 1 is 1.19 bits per heavy atom. The Hall–Kier alpha value is -2.14. The lowest BCUT2D eigenvalue weighted by Crippen LogP contribution is -2.09. The van der Waals surface area contributed by atoms with Crippen LogP contribution in [-0.2, 0) is 11.3 Å². The lowest BCUT2D eigenvalue weighted by molar-refractivity contribution is 0.124. The summed E-state index contributed by atoms with van der Waals surface area (Å²) in [4.78, 5) is 8.82. The maximum Gasteiger partial charge on any atom is 0.201 e. The van der Waals surface area contributed by atoms with Crippen LogP contribution < -0.4 is 5.73 Å². The molecule has 0 bridgehead atoms. The van der Waals surface area contributed by atoms with Crippen LogP contribution in [0.2, 0.25) is 0 Å². The first-order chi connectivity index (χ1) is 10.3. The van der Waals surface area contributed by atoms with Crippen molar-refractivity contribution in [3.63, 3.8) is 0 Å². The summed E-state index contributed by atoms with van der Waals surface area (Å²) in [5, 5.41) is 1.08. The van der Waals surface area contributed by atoms with E-state index in [2.05, 4.69) is 23.0 Å². The summed E-state index contributed by atoms with van der Waals surface area (Å²) in [6.45, 7) is 4.31. The van der Waals surface area contributed by atoms with Gasteiger partial charge in [0.05, 0.1) is 23.8 Å². The number of nitrogens with zero attached hydrogens (tertiary/aromatic N) is 3. The van der Waals surface area contributed by atoms with Crippen LogP contribution in [0.25, 0.3) is 21.9 Å². The summed E-state index contributed by atoms with van der Waals surface area (Å²) in [5.41, 5.74) is 8.88. The Bertz CT molecular complexity index is 750. The van der Waals surface area contributed by atoms with E-state index in [9.17, 15) is 0 Å². The maximum atomic E-state index is 6.05. The van der Waals surface area contributed by atoms with Gasteiger partial charge in [0.2, 0.25) is 5.95 Å². The molecule has 0 aliphatic heterocycles. The standard InChI is InChI=1S/C16H20N4O/c1-2-3-9-21-10-8-20-15-12-6-4-5-7-13(12)18-11-14(15)19-16(20)17/h4-7,11H,2-3,8-10H2,1H3,(H2,17,19). The molecule has 21 heavy (non-hydrogen) atoms. The van der Waals surface area contributed by atoms with Crippen molar-refractivity contribution in [1.82, 2.24) is 14.5 Å². The van der Waals surface area contributed by atoms with E-state index in [0.717, 1.165) is 41.4 Å². The number of benzene rings is 1. The molecule has 0 saturated carbocycles. The molecule has 2 N–H and O–H groups in total. The molecule has 0 amide bonds. The van der Waals surface area contributed by atoms with Crippen molar-refractivity contribution >= 4 is 27.9 Å². The van der Waals surface area contributed by atoms with E-state index in [1.807, 2.05) is 22.8 Å². The maximum absolute atomic E-state index is 6.05. The van der Waals surface area contributed by atoms with Gasteiger partial charge in [-0.25, -0.2) is 4.98 Å². The first kappa shape index (κ1) is 13.8. The van der Waals surface area contributed by atoms with E-state index in [1.165, 1.54) is 0 Å². The Morgan fingerprint density at radius 2 is 2.05 bits per heavy atom. The first-order valence-electron chi connectivity index (χ1n) is 7.38. The number of fused-ring (bicyclic) bond motifs is 3. The molecular formula is C16H20N4O. The average molecular weight is 284 g/mol. The Morgan fingerprint density at radius 3 is 2.90 bits per heavy atom. The third kappa shape index (κ3) is 2.69. The molecule has 0 spiro atoms. The number of para-hydroxylation sites is 1. The van der Waals surface area contributed by atoms with E-state index < -0.39 is 0 Å². The largest absolute Gasteiger partial charge is 0.380 e. The summed E-state index contributed by atoms with van der Waals surface area (Å²) in [5.74, 6) is 0.516. The molecule has 0 fully saturated rings. The lowest BCUT2D eigenvalue weighted by atomic mass is 10.2. The van der Waals surface area contributed by atoms with Crippen LogP contribution in [0.15, 0.2) is 30.5 Å². The predicted molar refractivity (Wildman–Crippen MR) is 85.2 cm³/mol. The predicted octanol–water partition coefficient (Wildman–Crippen LogP) is 2.98. The molecule has 2 aromatic heterocycles. The minimum atomic E-state index is 0.516. The normalized spacial score (nSPS) is 11.5. The molecule has 0 atom stereocenters. The van der Waals surface area contributed by atoms with Crippen molar-refractivity contribution in [2.45, 2.75) is 26.3 Å². The van der Waals surface area contributed by atoms with Crippen molar-refractivity contribution in [2.24, 2.45) is 0 Å². The molecule has 110 valence electrons. The number of hydrogen-bond donors (Lipinski definition) is 1. The van der Waals surface area contributed by atoms with Crippen LogP contribution in [0.5, 0.6) is 0 Å². The van der Waals surface area contributed by atoms with Crippen LogP contribution in [0.3, 0.4) is 0 Å². The molecule has 3 rings (SSSR count). The highest BCUT2D eigenvalue weighted by atomic mass is 16.5. The summed E-state index contributed by atoms with van der Waals surface area (Å²) >= 11 is 0. The van der Waals surface area contributed by atoms with Crippen molar-refractivity contribution in [2.75, 3.05) is 18.9 Å². The zero-order valence-electron chi connectivity index (χ0n) is 12.2. The van der Waals surface area contributed by atoms with Gasteiger partial charge in [0.1, 0.15) is 5.52 Å². The molecule has 1 aromatic carbocycles. The molecule has 3 aromatic rings. The fraction of sp³-hybridized carbons (Fsp3) is 0.375. The number of nitrogen functional groups attached to an aromatic ring is 1. The Labute approximate surface area is 123 Å². The average Bonchev–Trinajstić information content (AvgIpc) is 2.83. The minimum absolute atomic E-state index is 0.516. The van der Waals surface area contributed by atoms with Gasteiger partial charge < -0.3 is 15.0 Å². The molecule has 2 heterocycles. The number of ether oxygens (including phenoxy) is 1. The van der Waals surface area contributed by atoms with Crippen LogP contribution in [0.1, 0.15) is 19.8 Å². The van der Waals surface area contributed by atoms with Gasteiger partial charge in [0, 0.05) is 18.5 Å². The number of nitrogens with two attached hydrogens (primary N) is 1. The monoisotopic (exact) mass is 284 g/mol. The van der Waals surface area contributed by atoms with E-state index in [4.69, 9.17) is 10.5 Å². The second-order valence-electron chi connectivity index (χ2n) is 5.10. The van der Waals surface area contributed by atoms with Crippen molar-refractivity contribution in [3.8, 4) is 0 Å². The zero-order valence-corrected chi connectivity index (χ0v) is 12.2. The Balaban J connectivity index is 1.93. The van der Waals surface area contributed by atoms with Crippen LogP contribution in [0.4, 0.5) is 5.95 Å². The second-order valence-corrected chi connectivity index (χ2v) is 5.10. The van der Waals surface area contributed by atoms with Crippen molar-refractivity contribution < 1.29 is 4.74 Å². The van der Waals surface area contributed by atoms with Crippen LogP contribution in [-0.4, -0.2) is 27.7 Å². The highest BCUT2D eigenvalue weighted by Crippen LogP contribution is 2.25. The summed E-state index contributed by atoms with van der Waals surface area (Å²) in [6, 6.07) is 8.05. The van der Waals surface area contributed by atoms with Crippen LogP contribution >= 0.6 is 0 Å². The third-order valence-corrected chi connectivity index (χ3v) is 3.61. The van der Waals surface area contributed by atoms with Gasteiger partial charge in [-0.15, -0.1) is 0 Å². The van der Waals surface area contributed by atoms with E-state index in [-0.39, 0.29) is 0 Å². The zero-order chi connectivity index (χ0) is 14.7.